The van der Waals surface area contributed by atoms with E-state index in [1.807, 2.05) is 60.8 Å². The molecule has 2 heterocycles. The molecule has 0 unspecified atom stereocenters. The maximum absolute atomic E-state index is 14.3. The van der Waals surface area contributed by atoms with Crippen molar-refractivity contribution in [2.24, 2.45) is 0 Å². The monoisotopic (exact) mass is 471 g/mol. The van der Waals surface area contributed by atoms with Crippen molar-refractivity contribution in [3.63, 3.8) is 0 Å². The molecular weight excluding hydrogens is 449 g/mol. The second-order valence-electron chi connectivity index (χ2n) is 7.81. The number of methoxy groups -OCH3 is 1. The second kappa shape index (κ2) is 9.57. The van der Waals surface area contributed by atoms with Crippen LogP contribution in [0.1, 0.15) is 11.1 Å². The van der Waals surface area contributed by atoms with Gasteiger partial charge in [0.2, 0.25) is 0 Å². The number of aromatic amines is 1. The average Bonchev–Trinajstić information content (AvgIpc) is 3.30. The maximum Gasteiger partial charge on any atom is 0.278 e. The number of hydrogen-bond donors (Lipinski definition) is 1. The highest BCUT2D eigenvalue weighted by atomic mass is 32.2. The van der Waals surface area contributed by atoms with Crippen LogP contribution >= 0.6 is 11.8 Å². The molecule has 0 aliphatic heterocycles. The number of ether oxygens (including phenoxy) is 1. The summed E-state index contributed by atoms with van der Waals surface area (Å²) in [6, 6.07) is 24.0. The summed E-state index contributed by atoms with van der Waals surface area (Å²) in [5.74, 6) is 0.834. The molecule has 1 N–H and O–H groups in total. The minimum atomic E-state index is -0.272. The summed E-state index contributed by atoms with van der Waals surface area (Å²) >= 11 is 1.35. The van der Waals surface area contributed by atoms with Gasteiger partial charge in [-0.15, -0.1) is 0 Å². The van der Waals surface area contributed by atoms with Crippen molar-refractivity contribution in [1.82, 2.24) is 14.5 Å². The number of nitrogens with one attached hydrogen (secondary N) is 1. The van der Waals surface area contributed by atoms with E-state index in [1.165, 1.54) is 17.8 Å². The first kappa shape index (κ1) is 22.0. The zero-order valence-electron chi connectivity index (χ0n) is 18.5. The Bertz CT molecular complexity index is 1490. The highest BCUT2D eigenvalue weighted by molar-refractivity contribution is 7.98. The van der Waals surface area contributed by atoms with Crippen molar-refractivity contribution < 1.29 is 9.13 Å². The SMILES string of the molecule is COc1ccc(Cn2c(SCc3ccccc3F)nc3c(-c4ccccc4)c[nH]c3c2=O)cc1. The van der Waals surface area contributed by atoms with Gasteiger partial charge in [-0.25, -0.2) is 9.37 Å². The lowest BCUT2D eigenvalue weighted by molar-refractivity contribution is 0.414. The van der Waals surface area contributed by atoms with Gasteiger partial charge >= 0.3 is 0 Å². The number of benzene rings is 3. The largest absolute Gasteiger partial charge is 0.497 e. The smallest absolute Gasteiger partial charge is 0.278 e. The molecule has 7 heteroatoms. The molecule has 0 bridgehead atoms. The summed E-state index contributed by atoms with van der Waals surface area (Å²) in [6.07, 6.45) is 1.82. The second-order valence-corrected chi connectivity index (χ2v) is 8.75. The first-order chi connectivity index (χ1) is 16.6. The van der Waals surface area contributed by atoms with Crippen molar-refractivity contribution in [1.29, 1.82) is 0 Å². The fourth-order valence-corrected chi connectivity index (χ4v) is 4.81. The standard InChI is InChI=1S/C27H22FN3O2S/c1-33-21-13-11-18(12-14-21)16-31-26(32)25-24(22(15-29-25)19-7-3-2-4-8-19)30-27(31)34-17-20-9-5-6-10-23(20)28/h2-15,29H,16-17H2,1H3. The van der Waals surface area contributed by atoms with Gasteiger partial charge in [0.15, 0.2) is 5.16 Å². The molecule has 5 aromatic rings. The summed E-state index contributed by atoms with van der Waals surface area (Å²) in [6.45, 7) is 0.338. The van der Waals surface area contributed by atoms with Gasteiger partial charge in [-0.1, -0.05) is 72.4 Å². The van der Waals surface area contributed by atoms with Gasteiger partial charge in [-0.2, -0.15) is 0 Å². The van der Waals surface area contributed by atoms with Gasteiger partial charge in [-0.3, -0.25) is 9.36 Å². The molecule has 0 atom stereocenters. The molecular formula is C27H22FN3O2S. The number of fused-ring (bicyclic) bond motifs is 1. The van der Waals surface area contributed by atoms with E-state index in [1.54, 1.807) is 29.9 Å². The van der Waals surface area contributed by atoms with E-state index >= 15 is 0 Å². The van der Waals surface area contributed by atoms with Crippen molar-refractivity contribution in [3.8, 4) is 16.9 Å². The van der Waals surface area contributed by atoms with Crippen LogP contribution in [-0.4, -0.2) is 21.6 Å². The van der Waals surface area contributed by atoms with Gasteiger partial charge in [0.1, 0.15) is 22.6 Å². The molecule has 34 heavy (non-hydrogen) atoms. The summed E-state index contributed by atoms with van der Waals surface area (Å²) < 4.78 is 21.1. The quantitative estimate of drug-likeness (QED) is 0.238. The van der Waals surface area contributed by atoms with E-state index in [4.69, 9.17) is 9.72 Å². The summed E-state index contributed by atoms with van der Waals surface area (Å²) in [5.41, 5.74) is 4.22. The highest BCUT2D eigenvalue weighted by Gasteiger charge is 2.17. The third kappa shape index (κ3) is 4.34. The molecule has 0 saturated heterocycles. The fourth-order valence-electron chi connectivity index (χ4n) is 3.83. The Balaban J connectivity index is 1.60. The van der Waals surface area contributed by atoms with E-state index < -0.39 is 0 Å². The minimum absolute atomic E-state index is 0.168. The number of H-pyrrole nitrogens is 1. The summed E-state index contributed by atoms with van der Waals surface area (Å²) in [4.78, 5) is 21.6. The van der Waals surface area contributed by atoms with Crippen LogP contribution in [-0.2, 0) is 12.3 Å². The van der Waals surface area contributed by atoms with E-state index in [-0.39, 0.29) is 11.4 Å². The zero-order valence-corrected chi connectivity index (χ0v) is 19.3. The number of aromatic nitrogens is 3. The number of rotatable bonds is 7. The van der Waals surface area contributed by atoms with Crippen LogP contribution in [0.2, 0.25) is 0 Å². The molecule has 0 fully saturated rings. The molecule has 5 rings (SSSR count). The lowest BCUT2D eigenvalue weighted by Gasteiger charge is -2.13. The molecule has 0 aliphatic rings. The number of thioether (sulfide) groups is 1. The van der Waals surface area contributed by atoms with E-state index in [2.05, 4.69) is 4.98 Å². The van der Waals surface area contributed by atoms with Gasteiger partial charge in [0.25, 0.3) is 5.56 Å². The first-order valence-corrected chi connectivity index (χ1v) is 11.8. The average molecular weight is 472 g/mol. The molecule has 5 nitrogen and oxygen atoms in total. The lowest BCUT2D eigenvalue weighted by Crippen LogP contribution is -2.24. The van der Waals surface area contributed by atoms with Crippen molar-refractivity contribution in [2.75, 3.05) is 7.11 Å². The zero-order chi connectivity index (χ0) is 23.5. The molecule has 3 aromatic carbocycles. The van der Waals surface area contributed by atoms with E-state index in [9.17, 15) is 9.18 Å². The van der Waals surface area contributed by atoms with Crippen molar-refractivity contribution in [2.45, 2.75) is 17.5 Å². The Morgan fingerprint density at radius 3 is 2.47 bits per heavy atom. The first-order valence-electron chi connectivity index (χ1n) is 10.8. The van der Waals surface area contributed by atoms with Crippen LogP contribution < -0.4 is 10.3 Å². The Hall–Kier alpha value is -3.84. The van der Waals surface area contributed by atoms with E-state index in [0.29, 0.717) is 34.1 Å². The van der Waals surface area contributed by atoms with Gasteiger partial charge < -0.3 is 9.72 Å². The topological polar surface area (TPSA) is 59.9 Å². The Morgan fingerprint density at radius 1 is 1.00 bits per heavy atom. The summed E-state index contributed by atoms with van der Waals surface area (Å²) in [5, 5.41) is 0.536. The van der Waals surface area contributed by atoms with Crippen LogP contribution in [0.5, 0.6) is 5.75 Å². The number of halogens is 1. The molecule has 0 saturated carbocycles. The molecule has 0 aliphatic carbocycles. The van der Waals surface area contributed by atoms with Gasteiger partial charge in [0.05, 0.1) is 13.7 Å². The van der Waals surface area contributed by atoms with Crippen LogP contribution in [0.15, 0.2) is 95.0 Å². The van der Waals surface area contributed by atoms with Crippen LogP contribution in [0, 0.1) is 5.82 Å². The molecule has 170 valence electrons. The maximum atomic E-state index is 14.3. The molecule has 0 spiro atoms. The van der Waals surface area contributed by atoms with Crippen LogP contribution in [0.25, 0.3) is 22.2 Å². The summed E-state index contributed by atoms with van der Waals surface area (Å²) in [7, 11) is 1.62. The van der Waals surface area contributed by atoms with Crippen LogP contribution in [0.3, 0.4) is 0 Å². The van der Waals surface area contributed by atoms with Crippen molar-refractivity contribution >= 4 is 22.8 Å². The Morgan fingerprint density at radius 2 is 1.74 bits per heavy atom. The van der Waals surface area contributed by atoms with Gasteiger partial charge in [-0.05, 0) is 34.9 Å². The molecule has 0 amide bonds. The third-order valence-electron chi connectivity index (χ3n) is 5.65. The fraction of sp³-hybridized carbons (Fsp3) is 0.111. The normalized spacial score (nSPS) is 11.1. The van der Waals surface area contributed by atoms with Crippen molar-refractivity contribution in [3.05, 3.63) is 112 Å². The predicted molar refractivity (Wildman–Crippen MR) is 134 cm³/mol. The Labute approximate surface area is 200 Å². The number of hydrogen-bond acceptors (Lipinski definition) is 4. The molecule has 0 radical (unpaired) electrons. The minimum Gasteiger partial charge on any atom is -0.497 e. The highest BCUT2D eigenvalue weighted by Crippen LogP contribution is 2.29. The van der Waals surface area contributed by atoms with E-state index in [0.717, 1.165) is 22.4 Å². The number of nitrogens with zero attached hydrogens (tertiary/aromatic N) is 2. The third-order valence-corrected chi connectivity index (χ3v) is 6.67. The molecule has 2 aromatic heterocycles. The lowest BCUT2D eigenvalue weighted by atomic mass is 10.1. The van der Waals surface area contributed by atoms with Crippen LogP contribution in [0.4, 0.5) is 4.39 Å². The van der Waals surface area contributed by atoms with Gasteiger partial charge in [0, 0.05) is 17.5 Å². The predicted octanol–water partition coefficient (Wildman–Crippen LogP) is 5.88. The Kier molecular flexibility index (Phi) is 6.18.